The van der Waals surface area contributed by atoms with Gasteiger partial charge in [-0.2, -0.15) is 4.31 Å². The van der Waals surface area contributed by atoms with Crippen LogP contribution in [0.5, 0.6) is 0 Å². The molecule has 1 unspecified atom stereocenters. The van der Waals surface area contributed by atoms with Gasteiger partial charge in [0.2, 0.25) is 0 Å². The lowest BCUT2D eigenvalue weighted by Crippen LogP contribution is -2.40. The normalized spacial score (nSPS) is 21.6. The Labute approximate surface area is 108 Å². The van der Waals surface area contributed by atoms with Crippen molar-refractivity contribution in [1.29, 1.82) is 0 Å². The standard InChI is InChI=1S/C11H20N4O2S/c1-3-14-8-11(13-9(14)2)18(16,17)15-6-4-5-10(15)7-12/h8,10H,3-7,12H2,1-2H3. The maximum atomic E-state index is 12.5. The van der Waals surface area contributed by atoms with Crippen molar-refractivity contribution >= 4 is 10.0 Å². The Hall–Kier alpha value is -0.920. The van der Waals surface area contributed by atoms with Gasteiger partial charge in [-0.1, -0.05) is 0 Å². The van der Waals surface area contributed by atoms with Gasteiger partial charge in [0.1, 0.15) is 5.82 Å². The third-order valence-corrected chi connectivity index (χ3v) is 5.29. The zero-order valence-corrected chi connectivity index (χ0v) is 11.7. The number of rotatable bonds is 4. The minimum atomic E-state index is -3.49. The first-order valence-electron chi connectivity index (χ1n) is 6.26. The molecule has 1 aromatic heterocycles. The number of aromatic nitrogens is 2. The Morgan fingerprint density at radius 3 is 2.83 bits per heavy atom. The van der Waals surface area contributed by atoms with Crippen molar-refractivity contribution in [2.75, 3.05) is 13.1 Å². The number of sulfonamides is 1. The topological polar surface area (TPSA) is 81.2 Å². The molecule has 1 aromatic rings. The Bertz CT molecular complexity index is 523. The molecule has 102 valence electrons. The minimum Gasteiger partial charge on any atom is -0.334 e. The molecule has 0 aliphatic carbocycles. The van der Waals surface area contributed by atoms with Gasteiger partial charge < -0.3 is 10.3 Å². The van der Waals surface area contributed by atoms with Gasteiger partial charge in [-0.15, -0.1) is 0 Å². The number of hydrogen-bond acceptors (Lipinski definition) is 4. The number of aryl methyl sites for hydroxylation is 2. The molecule has 6 nitrogen and oxygen atoms in total. The van der Waals surface area contributed by atoms with Crippen LogP contribution in [0.3, 0.4) is 0 Å². The van der Waals surface area contributed by atoms with E-state index in [-0.39, 0.29) is 11.1 Å². The Balaban J connectivity index is 2.35. The number of hydrogen-bond donors (Lipinski definition) is 1. The molecular weight excluding hydrogens is 252 g/mol. The van der Waals surface area contributed by atoms with Crippen LogP contribution in [0.15, 0.2) is 11.2 Å². The molecule has 0 spiro atoms. The van der Waals surface area contributed by atoms with Crippen LogP contribution in [0.25, 0.3) is 0 Å². The largest absolute Gasteiger partial charge is 0.334 e. The van der Waals surface area contributed by atoms with Crippen LogP contribution in [0.4, 0.5) is 0 Å². The smallest absolute Gasteiger partial charge is 0.262 e. The highest BCUT2D eigenvalue weighted by atomic mass is 32.2. The second kappa shape index (κ2) is 4.99. The van der Waals surface area contributed by atoms with Gasteiger partial charge in [-0.25, -0.2) is 13.4 Å². The molecule has 1 fully saturated rings. The fourth-order valence-electron chi connectivity index (χ4n) is 2.40. The van der Waals surface area contributed by atoms with Crippen molar-refractivity contribution in [2.45, 2.75) is 44.3 Å². The van der Waals surface area contributed by atoms with Crippen molar-refractivity contribution < 1.29 is 8.42 Å². The molecule has 0 bridgehead atoms. The highest BCUT2D eigenvalue weighted by molar-refractivity contribution is 7.89. The molecule has 7 heteroatoms. The van der Waals surface area contributed by atoms with E-state index >= 15 is 0 Å². The van der Waals surface area contributed by atoms with Gasteiger partial charge >= 0.3 is 0 Å². The zero-order chi connectivity index (χ0) is 13.3. The first kappa shape index (κ1) is 13.5. The Morgan fingerprint density at radius 1 is 1.56 bits per heavy atom. The van der Waals surface area contributed by atoms with Crippen LogP contribution in [0.1, 0.15) is 25.6 Å². The molecule has 0 saturated carbocycles. The second-order valence-electron chi connectivity index (χ2n) is 4.56. The van der Waals surface area contributed by atoms with Gasteiger partial charge in [0.25, 0.3) is 10.0 Å². The van der Waals surface area contributed by atoms with E-state index in [9.17, 15) is 8.42 Å². The summed E-state index contributed by atoms with van der Waals surface area (Å²) >= 11 is 0. The summed E-state index contributed by atoms with van der Waals surface area (Å²) in [7, 11) is -3.49. The second-order valence-corrected chi connectivity index (χ2v) is 6.40. The molecule has 1 aliphatic rings. The van der Waals surface area contributed by atoms with E-state index in [0.717, 1.165) is 18.7 Å². The van der Waals surface area contributed by atoms with Crippen molar-refractivity contribution in [3.63, 3.8) is 0 Å². The summed E-state index contributed by atoms with van der Waals surface area (Å²) in [4.78, 5) is 4.16. The van der Waals surface area contributed by atoms with E-state index in [4.69, 9.17) is 5.73 Å². The SMILES string of the molecule is CCn1cc(S(=O)(=O)N2CCCC2CN)nc1C. The lowest BCUT2D eigenvalue weighted by atomic mass is 10.2. The molecule has 2 N–H and O–H groups in total. The van der Waals surface area contributed by atoms with E-state index < -0.39 is 10.0 Å². The van der Waals surface area contributed by atoms with Gasteiger partial charge in [0.05, 0.1) is 0 Å². The minimum absolute atomic E-state index is 0.0814. The van der Waals surface area contributed by atoms with Crippen molar-refractivity contribution in [2.24, 2.45) is 5.73 Å². The van der Waals surface area contributed by atoms with Crippen LogP contribution >= 0.6 is 0 Å². The molecule has 1 atom stereocenters. The average Bonchev–Trinajstić information content (AvgIpc) is 2.94. The number of nitrogens with zero attached hydrogens (tertiary/aromatic N) is 3. The monoisotopic (exact) mass is 272 g/mol. The molecule has 2 rings (SSSR count). The lowest BCUT2D eigenvalue weighted by molar-refractivity contribution is 0.391. The summed E-state index contributed by atoms with van der Waals surface area (Å²) in [5.74, 6) is 0.722. The molecule has 0 aromatic carbocycles. The average molecular weight is 272 g/mol. The van der Waals surface area contributed by atoms with Gasteiger partial charge in [0.15, 0.2) is 5.03 Å². The summed E-state index contributed by atoms with van der Waals surface area (Å²) in [6, 6.07) is -0.0814. The summed E-state index contributed by atoms with van der Waals surface area (Å²) < 4.78 is 28.3. The zero-order valence-electron chi connectivity index (χ0n) is 10.8. The van der Waals surface area contributed by atoms with Crippen LogP contribution in [0, 0.1) is 6.92 Å². The number of nitrogens with two attached hydrogens (primary N) is 1. The molecular formula is C11H20N4O2S. The lowest BCUT2D eigenvalue weighted by Gasteiger charge is -2.21. The van der Waals surface area contributed by atoms with Gasteiger partial charge in [0, 0.05) is 31.9 Å². The van der Waals surface area contributed by atoms with E-state index in [2.05, 4.69) is 4.98 Å². The van der Waals surface area contributed by atoms with Gasteiger partial charge in [-0.3, -0.25) is 0 Å². The van der Waals surface area contributed by atoms with E-state index in [0.29, 0.717) is 19.6 Å². The first-order chi connectivity index (χ1) is 8.50. The van der Waals surface area contributed by atoms with Crippen molar-refractivity contribution in [3.8, 4) is 0 Å². The maximum Gasteiger partial charge on any atom is 0.262 e. The molecule has 1 aliphatic heterocycles. The van der Waals surface area contributed by atoms with Crippen LogP contribution in [-0.4, -0.2) is 41.4 Å². The van der Waals surface area contributed by atoms with Gasteiger partial charge in [-0.05, 0) is 26.7 Å². The van der Waals surface area contributed by atoms with E-state index in [1.165, 1.54) is 4.31 Å². The quantitative estimate of drug-likeness (QED) is 0.856. The highest BCUT2D eigenvalue weighted by Gasteiger charge is 2.36. The van der Waals surface area contributed by atoms with E-state index in [1.807, 2.05) is 18.4 Å². The highest BCUT2D eigenvalue weighted by Crippen LogP contribution is 2.25. The predicted molar refractivity (Wildman–Crippen MR) is 68.6 cm³/mol. The predicted octanol–water partition coefficient (Wildman–Crippen LogP) is 0.323. The summed E-state index contributed by atoms with van der Waals surface area (Å²) in [5.41, 5.74) is 5.63. The third-order valence-electron chi connectivity index (χ3n) is 3.46. The van der Waals surface area contributed by atoms with Crippen LogP contribution in [-0.2, 0) is 16.6 Å². The summed E-state index contributed by atoms with van der Waals surface area (Å²) in [6.45, 7) is 5.40. The van der Waals surface area contributed by atoms with Crippen LogP contribution < -0.4 is 5.73 Å². The van der Waals surface area contributed by atoms with Crippen molar-refractivity contribution in [3.05, 3.63) is 12.0 Å². The fourth-order valence-corrected chi connectivity index (χ4v) is 4.11. The molecule has 18 heavy (non-hydrogen) atoms. The molecule has 2 heterocycles. The third kappa shape index (κ3) is 2.17. The fraction of sp³-hybridized carbons (Fsp3) is 0.727. The number of imidazole rings is 1. The molecule has 0 radical (unpaired) electrons. The molecule has 0 amide bonds. The summed E-state index contributed by atoms with van der Waals surface area (Å²) in [6.07, 6.45) is 3.31. The van der Waals surface area contributed by atoms with Crippen molar-refractivity contribution in [1.82, 2.24) is 13.9 Å². The summed E-state index contributed by atoms with van der Waals surface area (Å²) in [5, 5.41) is 0.141. The molecule has 1 saturated heterocycles. The Kier molecular flexibility index (Phi) is 3.74. The van der Waals surface area contributed by atoms with E-state index in [1.54, 1.807) is 6.20 Å². The first-order valence-corrected chi connectivity index (χ1v) is 7.70. The van der Waals surface area contributed by atoms with Crippen LogP contribution in [0.2, 0.25) is 0 Å². The Morgan fingerprint density at radius 2 is 2.28 bits per heavy atom. The maximum absolute atomic E-state index is 12.5.